The SMILES string of the molecule is CC(C)Cn1nnnc1SCC(=O)N1N=C(c2ccco2)CC1c1ccco1. The van der Waals surface area contributed by atoms with Crippen molar-refractivity contribution in [3.05, 3.63) is 48.3 Å². The molecular weight excluding hydrogens is 380 g/mol. The lowest BCUT2D eigenvalue weighted by molar-refractivity contribution is -0.130. The summed E-state index contributed by atoms with van der Waals surface area (Å²) in [4.78, 5) is 12.9. The van der Waals surface area contributed by atoms with Gasteiger partial charge in [-0.1, -0.05) is 25.6 Å². The van der Waals surface area contributed by atoms with Gasteiger partial charge in [-0.25, -0.2) is 9.69 Å². The van der Waals surface area contributed by atoms with Crippen molar-refractivity contribution in [1.29, 1.82) is 0 Å². The molecule has 4 rings (SSSR count). The number of amides is 1. The van der Waals surface area contributed by atoms with Crippen molar-refractivity contribution in [2.75, 3.05) is 5.75 Å². The number of aromatic nitrogens is 4. The van der Waals surface area contributed by atoms with E-state index in [9.17, 15) is 4.79 Å². The van der Waals surface area contributed by atoms with Crippen LogP contribution in [0.3, 0.4) is 0 Å². The van der Waals surface area contributed by atoms with Crippen LogP contribution < -0.4 is 0 Å². The van der Waals surface area contributed by atoms with E-state index in [2.05, 4.69) is 34.5 Å². The zero-order chi connectivity index (χ0) is 19.5. The van der Waals surface area contributed by atoms with Gasteiger partial charge in [-0.3, -0.25) is 4.79 Å². The minimum absolute atomic E-state index is 0.146. The van der Waals surface area contributed by atoms with E-state index < -0.39 is 0 Å². The largest absolute Gasteiger partial charge is 0.467 e. The van der Waals surface area contributed by atoms with Crippen LogP contribution in [0.25, 0.3) is 0 Å². The minimum Gasteiger partial charge on any atom is -0.467 e. The topological polar surface area (TPSA) is 103 Å². The van der Waals surface area contributed by atoms with Crippen LogP contribution in [-0.2, 0) is 11.3 Å². The zero-order valence-corrected chi connectivity index (χ0v) is 16.4. The summed E-state index contributed by atoms with van der Waals surface area (Å²) in [6.45, 7) is 4.87. The molecule has 1 aliphatic rings. The van der Waals surface area contributed by atoms with Crippen LogP contribution in [0, 0.1) is 5.92 Å². The number of furan rings is 2. The standard InChI is InChI=1S/C18H20N6O3S/c1-12(2)10-23-18(19-21-22-23)28-11-17(25)24-14(16-6-4-8-27-16)9-13(20-24)15-5-3-7-26-15/h3-8,12,14H,9-11H2,1-2H3. The molecule has 9 nitrogen and oxygen atoms in total. The van der Waals surface area contributed by atoms with E-state index in [0.29, 0.717) is 35.6 Å². The molecule has 146 valence electrons. The van der Waals surface area contributed by atoms with Crippen LogP contribution in [0.4, 0.5) is 0 Å². The molecule has 28 heavy (non-hydrogen) atoms. The Hall–Kier alpha value is -2.88. The van der Waals surface area contributed by atoms with E-state index in [1.807, 2.05) is 12.1 Å². The third-order valence-electron chi connectivity index (χ3n) is 4.20. The van der Waals surface area contributed by atoms with Crippen LogP contribution in [0.2, 0.25) is 0 Å². The maximum absolute atomic E-state index is 12.9. The highest BCUT2D eigenvalue weighted by Gasteiger charge is 2.35. The van der Waals surface area contributed by atoms with Crippen LogP contribution >= 0.6 is 11.8 Å². The lowest BCUT2D eigenvalue weighted by Gasteiger charge is -2.19. The third-order valence-corrected chi connectivity index (χ3v) is 5.15. The predicted octanol–water partition coefficient (Wildman–Crippen LogP) is 2.99. The van der Waals surface area contributed by atoms with Gasteiger partial charge in [0.05, 0.1) is 18.3 Å². The van der Waals surface area contributed by atoms with Crippen LogP contribution in [-0.4, -0.2) is 42.6 Å². The first kappa shape index (κ1) is 18.5. The lowest BCUT2D eigenvalue weighted by Crippen LogP contribution is -2.28. The van der Waals surface area contributed by atoms with Gasteiger partial charge < -0.3 is 8.83 Å². The Bertz CT molecular complexity index is 948. The van der Waals surface area contributed by atoms with Gasteiger partial charge in [-0.05, 0) is 40.6 Å². The highest BCUT2D eigenvalue weighted by molar-refractivity contribution is 7.99. The molecule has 4 heterocycles. The maximum atomic E-state index is 12.9. The molecule has 1 unspecified atom stereocenters. The van der Waals surface area contributed by atoms with Gasteiger partial charge in [0.1, 0.15) is 23.3 Å². The monoisotopic (exact) mass is 400 g/mol. The average Bonchev–Trinajstić information content (AvgIpc) is 3.46. The van der Waals surface area contributed by atoms with E-state index in [-0.39, 0.29) is 17.7 Å². The molecule has 0 saturated carbocycles. The second-order valence-corrected chi connectivity index (χ2v) is 7.77. The molecule has 0 saturated heterocycles. The summed E-state index contributed by atoms with van der Waals surface area (Å²) in [5.74, 6) is 1.77. The first-order chi connectivity index (χ1) is 13.6. The molecule has 0 bridgehead atoms. The van der Waals surface area contributed by atoms with Gasteiger partial charge in [-0.15, -0.1) is 5.10 Å². The molecule has 3 aromatic rings. The Kier molecular flexibility index (Phi) is 5.29. The van der Waals surface area contributed by atoms with E-state index >= 15 is 0 Å². The fourth-order valence-corrected chi connectivity index (χ4v) is 3.73. The molecular formula is C18H20N6O3S. The highest BCUT2D eigenvalue weighted by Crippen LogP contribution is 2.33. The minimum atomic E-state index is -0.296. The molecule has 0 radical (unpaired) electrons. The van der Waals surface area contributed by atoms with Crippen molar-refractivity contribution in [1.82, 2.24) is 25.2 Å². The Labute approximate surface area is 165 Å². The summed E-state index contributed by atoms with van der Waals surface area (Å²) >= 11 is 1.30. The second-order valence-electron chi connectivity index (χ2n) is 6.82. The summed E-state index contributed by atoms with van der Waals surface area (Å²) in [6.07, 6.45) is 3.72. The number of hydrogen-bond donors (Lipinski definition) is 0. The van der Waals surface area contributed by atoms with Crippen molar-refractivity contribution < 1.29 is 13.6 Å². The van der Waals surface area contributed by atoms with E-state index in [1.54, 1.807) is 29.3 Å². The molecule has 10 heteroatoms. The molecule has 1 atom stereocenters. The van der Waals surface area contributed by atoms with Crippen LogP contribution in [0.1, 0.15) is 37.8 Å². The third kappa shape index (κ3) is 3.86. The number of nitrogens with zero attached hydrogens (tertiary/aromatic N) is 6. The van der Waals surface area contributed by atoms with Crippen molar-refractivity contribution in [3.63, 3.8) is 0 Å². The smallest absolute Gasteiger partial charge is 0.253 e. The summed E-state index contributed by atoms with van der Waals surface area (Å²) in [7, 11) is 0. The summed E-state index contributed by atoms with van der Waals surface area (Å²) in [5.41, 5.74) is 0.717. The number of tetrazole rings is 1. The van der Waals surface area contributed by atoms with Gasteiger partial charge in [0.25, 0.3) is 5.91 Å². The number of hydrazone groups is 1. The Morgan fingerprint density at radius 2 is 2.11 bits per heavy atom. The van der Waals surface area contributed by atoms with E-state index in [4.69, 9.17) is 8.83 Å². The van der Waals surface area contributed by atoms with Gasteiger partial charge in [0.2, 0.25) is 5.16 Å². The van der Waals surface area contributed by atoms with Crippen LogP contribution in [0.5, 0.6) is 0 Å². The molecule has 1 amide bonds. The van der Waals surface area contributed by atoms with Crippen molar-refractivity contribution in [3.8, 4) is 0 Å². The quantitative estimate of drug-likeness (QED) is 0.562. The second kappa shape index (κ2) is 8.01. The number of hydrogen-bond acceptors (Lipinski definition) is 8. The molecule has 3 aromatic heterocycles. The summed E-state index contributed by atoms with van der Waals surface area (Å²) in [6, 6.07) is 6.99. The number of carbonyl (C=O) groups is 1. The van der Waals surface area contributed by atoms with Gasteiger partial charge >= 0.3 is 0 Å². The molecule has 0 fully saturated rings. The molecule has 0 N–H and O–H groups in total. The predicted molar refractivity (Wildman–Crippen MR) is 102 cm³/mol. The fourth-order valence-electron chi connectivity index (χ4n) is 2.99. The Morgan fingerprint density at radius 3 is 2.82 bits per heavy atom. The van der Waals surface area contributed by atoms with Crippen molar-refractivity contribution in [2.45, 2.75) is 38.0 Å². The van der Waals surface area contributed by atoms with Crippen LogP contribution in [0.15, 0.2) is 55.9 Å². The molecule has 0 spiro atoms. The van der Waals surface area contributed by atoms with E-state index in [0.717, 1.165) is 5.71 Å². The summed E-state index contributed by atoms with van der Waals surface area (Å²) in [5, 5.41) is 18.3. The first-order valence-corrected chi connectivity index (χ1v) is 9.96. The normalized spacial score (nSPS) is 16.8. The molecule has 0 aromatic carbocycles. The Morgan fingerprint density at radius 1 is 1.29 bits per heavy atom. The maximum Gasteiger partial charge on any atom is 0.253 e. The van der Waals surface area contributed by atoms with Gasteiger partial charge in [0, 0.05) is 13.0 Å². The zero-order valence-electron chi connectivity index (χ0n) is 15.6. The molecule has 0 aliphatic carbocycles. The van der Waals surface area contributed by atoms with Crippen molar-refractivity contribution >= 4 is 23.4 Å². The molecule has 1 aliphatic heterocycles. The van der Waals surface area contributed by atoms with E-state index in [1.165, 1.54) is 16.8 Å². The fraction of sp³-hybridized carbons (Fsp3) is 0.389. The number of carbonyl (C=O) groups excluding carboxylic acids is 1. The number of thioether (sulfide) groups is 1. The number of rotatable bonds is 7. The van der Waals surface area contributed by atoms with Gasteiger partial charge in [-0.2, -0.15) is 5.10 Å². The lowest BCUT2D eigenvalue weighted by atomic mass is 10.1. The van der Waals surface area contributed by atoms with Crippen molar-refractivity contribution in [2.24, 2.45) is 11.0 Å². The average molecular weight is 400 g/mol. The highest BCUT2D eigenvalue weighted by atomic mass is 32.2. The Balaban J connectivity index is 1.50. The summed E-state index contributed by atoms with van der Waals surface area (Å²) < 4.78 is 12.7. The first-order valence-electron chi connectivity index (χ1n) is 8.97. The van der Waals surface area contributed by atoms with Gasteiger partial charge in [0.15, 0.2) is 0 Å².